The number of anilines is 2. The first-order valence-electron chi connectivity index (χ1n) is 6.53. The molecule has 0 bridgehead atoms. The highest BCUT2D eigenvalue weighted by Crippen LogP contribution is 2.45. The fourth-order valence-corrected chi connectivity index (χ4v) is 1.74. The summed E-state index contributed by atoms with van der Waals surface area (Å²) < 4.78 is 0. The van der Waals surface area contributed by atoms with Crippen LogP contribution in [0.4, 0.5) is 17.3 Å². The van der Waals surface area contributed by atoms with Crippen LogP contribution in [0, 0.1) is 15.5 Å². The number of nitrogens with one attached hydrogen (secondary N) is 2. The average molecular weight is 265 g/mol. The van der Waals surface area contributed by atoms with Gasteiger partial charge in [0.25, 0.3) is 0 Å². The lowest BCUT2D eigenvalue weighted by Gasteiger charge is -2.12. The van der Waals surface area contributed by atoms with Gasteiger partial charge in [-0.3, -0.25) is 10.1 Å². The second-order valence-corrected chi connectivity index (χ2v) is 5.27. The lowest BCUT2D eigenvalue weighted by molar-refractivity contribution is -0.383. The van der Waals surface area contributed by atoms with E-state index in [1.807, 2.05) is 6.92 Å². The Hall–Kier alpha value is -1.92. The number of hydrogen-bond acceptors (Lipinski definition) is 6. The predicted octanol–water partition coefficient (Wildman–Crippen LogP) is 2.42. The Kier molecular flexibility index (Phi) is 3.82. The molecule has 1 fully saturated rings. The topological polar surface area (TPSA) is 93.0 Å². The highest BCUT2D eigenvalue weighted by atomic mass is 16.6. The van der Waals surface area contributed by atoms with Crippen molar-refractivity contribution in [3.8, 4) is 0 Å². The van der Waals surface area contributed by atoms with Crippen LogP contribution in [0.25, 0.3) is 0 Å². The molecular formula is C12H19N5O2. The highest BCUT2D eigenvalue weighted by molar-refractivity contribution is 5.69. The molecule has 104 valence electrons. The minimum absolute atomic E-state index is 0.0693. The predicted molar refractivity (Wildman–Crippen MR) is 73.3 cm³/mol. The minimum atomic E-state index is -0.435. The van der Waals surface area contributed by atoms with E-state index >= 15 is 0 Å². The van der Waals surface area contributed by atoms with Gasteiger partial charge in [0.15, 0.2) is 0 Å². The molecule has 2 rings (SSSR count). The van der Waals surface area contributed by atoms with Gasteiger partial charge >= 0.3 is 5.69 Å². The number of nitrogens with zero attached hydrogens (tertiary/aromatic N) is 3. The molecule has 0 aliphatic heterocycles. The van der Waals surface area contributed by atoms with Crippen LogP contribution in [0.1, 0.15) is 33.1 Å². The summed E-state index contributed by atoms with van der Waals surface area (Å²) in [6.45, 7) is 5.50. The molecule has 1 aliphatic carbocycles. The molecule has 0 amide bonds. The van der Waals surface area contributed by atoms with E-state index in [1.54, 1.807) is 0 Å². The van der Waals surface area contributed by atoms with Gasteiger partial charge in [-0.15, -0.1) is 0 Å². The molecule has 0 spiro atoms. The van der Waals surface area contributed by atoms with Gasteiger partial charge in [-0.05, 0) is 24.7 Å². The van der Waals surface area contributed by atoms with Crippen LogP contribution in [0.15, 0.2) is 6.33 Å². The van der Waals surface area contributed by atoms with E-state index < -0.39 is 4.92 Å². The number of rotatable bonds is 7. The summed E-state index contributed by atoms with van der Waals surface area (Å²) >= 11 is 0. The molecule has 2 N–H and O–H groups in total. The van der Waals surface area contributed by atoms with Crippen molar-refractivity contribution in [2.45, 2.75) is 33.1 Å². The molecule has 0 atom stereocenters. The molecular weight excluding hydrogens is 246 g/mol. The minimum Gasteiger partial charge on any atom is -0.364 e. The quantitative estimate of drug-likeness (QED) is 0.581. The van der Waals surface area contributed by atoms with Gasteiger partial charge in [-0.2, -0.15) is 0 Å². The molecule has 1 aromatic rings. The summed E-state index contributed by atoms with van der Waals surface area (Å²) in [5.74, 6) is 0.581. The summed E-state index contributed by atoms with van der Waals surface area (Å²) in [6.07, 6.45) is 4.53. The molecule has 1 saturated carbocycles. The number of aromatic nitrogens is 2. The maximum absolute atomic E-state index is 11.2. The summed E-state index contributed by atoms with van der Waals surface area (Å²) in [5, 5.41) is 17.2. The van der Waals surface area contributed by atoms with Crippen LogP contribution in [0.3, 0.4) is 0 Å². The van der Waals surface area contributed by atoms with E-state index in [9.17, 15) is 10.1 Å². The molecule has 7 nitrogen and oxygen atoms in total. The van der Waals surface area contributed by atoms with Crippen molar-refractivity contribution >= 4 is 17.3 Å². The van der Waals surface area contributed by atoms with Crippen molar-refractivity contribution in [2.24, 2.45) is 5.41 Å². The largest absolute Gasteiger partial charge is 0.364 e. The summed E-state index contributed by atoms with van der Waals surface area (Å²) in [7, 11) is 0. The van der Waals surface area contributed by atoms with E-state index in [-0.39, 0.29) is 16.9 Å². The van der Waals surface area contributed by atoms with Crippen molar-refractivity contribution in [1.29, 1.82) is 0 Å². The number of nitro groups is 1. The molecule has 19 heavy (non-hydrogen) atoms. The lowest BCUT2D eigenvalue weighted by Crippen LogP contribution is -2.15. The van der Waals surface area contributed by atoms with Crippen LogP contribution < -0.4 is 10.6 Å². The number of hydrogen-bond donors (Lipinski definition) is 2. The lowest BCUT2D eigenvalue weighted by atomic mass is 10.1. The fraction of sp³-hybridized carbons (Fsp3) is 0.667. The monoisotopic (exact) mass is 265 g/mol. The van der Waals surface area contributed by atoms with Gasteiger partial charge in [-0.1, -0.05) is 13.8 Å². The first-order valence-corrected chi connectivity index (χ1v) is 6.53. The third-order valence-electron chi connectivity index (χ3n) is 3.33. The molecule has 0 aromatic carbocycles. The van der Waals surface area contributed by atoms with Crippen molar-refractivity contribution in [1.82, 2.24) is 9.97 Å². The Labute approximate surface area is 112 Å². The summed E-state index contributed by atoms with van der Waals surface area (Å²) in [6, 6.07) is 0. The molecule has 1 heterocycles. The zero-order valence-electron chi connectivity index (χ0n) is 11.3. The Morgan fingerprint density at radius 2 is 2.00 bits per heavy atom. The second-order valence-electron chi connectivity index (χ2n) is 5.27. The van der Waals surface area contributed by atoms with Crippen LogP contribution >= 0.6 is 0 Å². The van der Waals surface area contributed by atoms with Gasteiger partial charge in [0.1, 0.15) is 6.33 Å². The zero-order valence-corrected chi connectivity index (χ0v) is 11.3. The van der Waals surface area contributed by atoms with Gasteiger partial charge in [-0.25, -0.2) is 9.97 Å². The first kappa shape index (κ1) is 13.5. The SMILES string of the molecule is CCCNc1ncnc(NCC2(C)CC2)c1[N+](=O)[O-]. The summed E-state index contributed by atoms with van der Waals surface area (Å²) in [5.41, 5.74) is 0.190. The van der Waals surface area contributed by atoms with Crippen LogP contribution in [0.2, 0.25) is 0 Å². The summed E-state index contributed by atoms with van der Waals surface area (Å²) in [4.78, 5) is 18.7. The zero-order chi connectivity index (χ0) is 13.9. The van der Waals surface area contributed by atoms with Crippen molar-refractivity contribution in [2.75, 3.05) is 23.7 Å². The van der Waals surface area contributed by atoms with E-state index in [4.69, 9.17) is 0 Å². The Morgan fingerprint density at radius 1 is 1.37 bits per heavy atom. The Morgan fingerprint density at radius 3 is 2.53 bits per heavy atom. The fourth-order valence-electron chi connectivity index (χ4n) is 1.74. The standard InChI is InChI=1S/C12H19N5O2/c1-3-6-13-10-9(17(18)19)11(16-8-15-10)14-7-12(2)4-5-12/h8H,3-7H2,1-2H3,(H2,13,14,15,16). The van der Waals surface area contributed by atoms with E-state index in [0.29, 0.717) is 18.9 Å². The van der Waals surface area contributed by atoms with Gasteiger partial charge in [0, 0.05) is 13.1 Å². The van der Waals surface area contributed by atoms with Crippen molar-refractivity contribution in [3.05, 3.63) is 16.4 Å². The van der Waals surface area contributed by atoms with Crippen LogP contribution in [0.5, 0.6) is 0 Å². The Bertz CT molecular complexity index is 473. The molecule has 0 saturated heterocycles. The normalized spacial score (nSPS) is 15.9. The maximum atomic E-state index is 11.2. The third-order valence-corrected chi connectivity index (χ3v) is 3.33. The van der Waals surface area contributed by atoms with E-state index in [1.165, 1.54) is 6.33 Å². The molecule has 0 radical (unpaired) electrons. The van der Waals surface area contributed by atoms with Crippen molar-refractivity contribution < 1.29 is 4.92 Å². The van der Waals surface area contributed by atoms with Crippen molar-refractivity contribution in [3.63, 3.8) is 0 Å². The van der Waals surface area contributed by atoms with E-state index in [0.717, 1.165) is 19.3 Å². The van der Waals surface area contributed by atoms with Gasteiger partial charge in [0.05, 0.1) is 4.92 Å². The smallest absolute Gasteiger partial charge is 0.353 e. The molecule has 1 aromatic heterocycles. The molecule has 1 aliphatic rings. The first-order chi connectivity index (χ1) is 9.06. The van der Waals surface area contributed by atoms with Gasteiger partial charge in [0.2, 0.25) is 11.6 Å². The molecule has 7 heteroatoms. The van der Waals surface area contributed by atoms with Crippen LogP contribution in [-0.2, 0) is 0 Å². The second kappa shape index (κ2) is 5.38. The van der Waals surface area contributed by atoms with Gasteiger partial charge < -0.3 is 10.6 Å². The molecule has 0 unspecified atom stereocenters. The Balaban J connectivity index is 2.18. The highest BCUT2D eigenvalue weighted by Gasteiger charge is 2.37. The maximum Gasteiger partial charge on any atom is 0.353 e. The third kappa shape index (κ3) is 3.30. The average Bonchev–Trinajstić information content (AvgIpc) is 3.12. The van der Waals surface area contributed by atoms with E-state index in [2.05, 4.69) is 27.5 Å². The van der Waals surface area contributed by atoms with Crippen LogP contribution in [-0.4, -0.2) is 28.0 Å².